The maximum absolute atomic E-state index is 12.2. The van der Waals surface area contributed by atoms with Crippen molar-refractivity contribution in [1.82, 2.24) is 14.9 Å². The van der Waals surface area contributed by atoms with E-state index in [2.05, 4.69) is 14.9 Å². The zero-order chi connectivity index (χ0) is 21.0. The number of fused-ring (bicyclic) bond motifs is 3. The number of nitrogens with one attached hydrogen (secondary N) is 1. The van der Waals surface area contributed by atoms with Gasteiger partial charge in [0.1, 0.15) is 16.1 Å². The summed E-state index contributed by atoms with van der Waals surface area (Å²) in [6.07, 6.45) is 3.49. The number of carbonyl (C=O) groups excluding carboxylic acids is 1. The van der Waals surface area contributed by atoms with Crippen LogP contribution in [0.4, 0.5) is 4.79 Å². The zero-order valence-electron chi connectivity index (χ0n) is 17.4. The summed E-state index contributed by atoms with van der Waals surface area (Å²) in [6, 6.07) is 1.84. The molecular formula is C20H28N4O4S. The molecule has 0 spiro atoms. The van der Waals surface area contributed by atoms with E-state index in [1.54, 1.807) is 24.6 Å². The molecule has 1 amide bonds. The summed E-state index contributed by atoms with van der Waals surface area (Å²) >= 11 is 1.55. The summed E-state index contributed by atoms with van der Waals surface area (Å²) < 4.78 is 14.5. The van der Waals surface area contributed by atoms with E-state index >= 15 is 0 Å². The van der Waals surface area contributed by atoms with Crippen LogP contribution in [0.5, 0.6) is 0 Å². The maximum Gasteiger partial charge on any atom is 0.407 e. The molecular weight excluding hydrogens is 392 g/mol. The highest BCUT2D eigenvalue weighted by Crippen LogP contribution is 2.28. The molecule has 3 aromatic heterocycles. The fraction of sp³-hybridized carbons (Fsp3) is 0.550. The number of aryl methyl sites for hydroxylation is 1. The minimum absolute atomic E-state index is 0.397. The van der Waals surface area contributed by atoms with Gasteiger partial charge in [-0.15, -0.1) is 11.3 Å². The Hall–Kier alpha value is -2.39. The van der Waals surface area contributed by atoms with Crippen molar-refractivity contribution in [3.63, 3.8) is 0 Å². The third-order valence-corrected chi connectivity index (χ3v) is 5.33. The van der Waals surface area contributed by atoms with Gasteiger partial charge in [0.25, 0.3) is 0 Å². The molecule has 3 heterocycles. The molecule has 8 nitrogen and oxygen atoms in total. The molecule has 0 aromatic carbocycles. The average molecular weight is 421 g/mol. The number of imidazole rings is 1. The molecule has 0 aliphatic carbocycles. The first-order valence-corrected chi connectivity index (χ1v) is 10.6. The molecule has 0 saturated carbocycles. The number of unbranched alkanes of at least 4 members (excludes halogenated alkanes) is 1. The van der Waals surface area contributed by atoms with Crippen molar-refractivity contribution in [3.05, 3.63) is 28.7 Å². The van der Waals surface area contributed by atoms with E-state index in [-0.39, 0.29) is 0 Å². The van der Waals surface area contributed by atoms with Crippen LogP contribution in [0.25, 0.3) is 21.3 Å². The lowest BCUT2D eigenvalue weighted by Gasteiger charge is -2.19. The molecule has 0 bridgehead atoms. The zero-order valence-corrected chi connectivity index (χ0v) is 18.2. The second-order valence-electron chi connectivity index (χ2n) is 7.88. The number of carbonyl (C=O) groups is 1. The van der Waals surface area contributed by atoms with Crippen molar-refractivity contribution in [2.45, 2.75) is 52.2 Å². The van der Waals surface area contributed by atoms with Crippen molar-refractivity contribution >= 4 is 38.7 Å². The lowest BCUT2D eigenvalue weighted by Crippen LogP contribution is -2.33. The lowest BCUT2D eigenvalue weighted by atomic mass is 10.2. The van der Waals surface area contributed by atoms with E-state index < -0.39 is 11.7 Å². The summed E-state index contributed by atoms with van der Waals surface area (Å²) in [5, 5.41) is 17.0. The number of rotatable bonds is 8. The Bertz CT molecular complexity index is 990. The fourth-order valence-corrected chi connectivity index (χ4v) is 4.15. The molecule has 3 rings (SSSR count). The highest BCUT2D eigenvalue weighted by atomic mass is 32.1. The third kappa shape index (κ3) is 5.16. The van der Waals surface area contributed by atoms with Crippen molar-refractivity contribution < 1.29 is 19.0 Å². The van der Waals surface area contributed by atoms with Gasteiger partial charge >= 0.3 is 6.09 Å². The quantitative estimate of drug-likeness (QED) is 0.343. The van der Waals surface area contributed by atoms with Crippen LogP contribution in [0.2, 0.25) is 0 Å². The summed E-state index contributed by atoms with van der Waals surface area (Å²) in [5.74, 6) is 0.905. The standard InChI is InChI=1S/C20H28N4O4S/c1-20(2,3)28-19(25)21-9-5-6-10-23-16(7-11-27-4)22-14-13-24(26)15-8-12-29-18(15)17(14)23/h8,12-13H,5-7,9-11H2,1-4H3,(H,21,25). The second-order valence-corrected chi connectivity index (χ2v) is 8.80. The molecule has 0 radical (unpaired) electrons. The minimum Gasteiger partial charge on any atom is -0.618 e. The number of aromatic nitrogens is 3. The number of methoxy groups -OCH3 is 1. The number of thiophene rings is 1. The lowest BCUT2D eigenvalue weighted by molar-refractivity contribution is -0.575. The number of hydrogen-bond acceptors (Lipinski definition) is 6. The van der Waals surface area contributed by atoms with Crippen LogP contribution in [-0.4, -0.2) is 41.5 Å². The van der Waals surface area contributed by atoms with Crippen LogP contribution in [0, 0.1) is 5.21 Å². The van der Waals surface area contributed by atoms with Crippen LogP contribution in [0.3, 0.4) is 0 Å². The number of amides is 1. The Balaban J connectivity index is 1.72. The topological polar surface area (TPSA) is 92.3 Å². The summed E-state index contributed by atoms with van der Waals surface area (Å²) in [5.41, 5.74) is 1.86. The number of hydrogen-bond donors (Lipinski definition) is 1. The Labute approximate surface area is 174 Å². The summed E-state index contributed by atoms with van der Waals surface area (Å²) in [4.78, 5) is 16.4. The molecule has 3 aromatic rings. The molecule has 0 aliphatic rings. The largest absolute Gasteiger partial charge is 0.618 e. The van der Waals surface area contributed by atoms with Crippen molar-refractivity contribution in [3.8, 4) is 0 Å². The molecule has 0 atom stereocenters. The van der Waals surface area contributed by atoms with Gasteiger partial charge in [-0.1, -0.05) is 0 Å². The molecule has 1 N–H and O–H groups in total. The summed E-state index contributed by atoms with van der Waals surface area (Å²) in [6.45, 7) is 7.39. The Morgan fingerprint density at radius 1 is 1.38 bits per heavy atom. The van der Waals surface area contributed by atoms with Gasteiger partial charge in [0.05, 0.1) is 12.1 Å². The van der Waals surface area contributed by atoms with E-state index in [0.29, 0.717) is 30.6 Å². The number of nitrogens with zero attached hydrogens (tertiary/aromatic N) is 3. The van der Waals surface area contributed by atoms with E-state index in [9.17, 15) is 10.0 Å². The molecule has 9 heteroatoms. The molecule has 0 unspecified atom stereocenters. The number of pyridine rings is 1. The van der Waals surface area contributed by atoms with Crippen molar-refractivity contribution in [1.29, 1.82) is 0 Å². The molecule has 0 fully saturated rings. The number of alkyl carbamates (subject to hydrolysis) is 1. The Kier molecular flexibility index (Phi) is 6.59. The highest BCUT2D eigenvalue weighted by Gasteiger charge is 2.19. The molecule has 0 saturated heterocycles. The van der Waals surface area contributed by atoms with E-state index in [1.165, 1.54) is 0 Å². The van der Waals surface area contributed by atoms with Crippen LogP contribution < -0.4 is 10.0 Å². The van der Waals surface area contributed by atoms with E-state index in [4.69, 9.17) is 9.47 Å². The monoisotopic (exact) mass is 420 g/mol. The van der Waals surface area contributed by atoms with Gasteiger partial charge < -0.3 is 24.6 Å². The fourth-order valence-electron chi connectivity index (χ4n) is 3.21. The summed E-state index contributed by atoms with van der Waals surface area (Å²) in [7, 11) is 1.67. The van der Waals surface area contributed by atoms with Gasteiger partial charge in [-0.3, -0.25) is 0 Å². The van der Waals surface area contributed by atoms with Gasteiger partial charge in [0, 0.05) is 32.7 Å². The maximum atomic E-state index is 12.2. The molecule has 158 valence electrons. The first kappa shape index (κ1) is 21.3. The normalized spacial score (nSPS) is 12.0. The van der Waals surface area contributed by atoms with Crippen LogP contribution in [0.1, 0.15) is 39.4 Å². The third-order valence-electron chi connectivity index (χ3n) is 4.42. The van der Waals surface area contributed by atoms with Crippen molar-refractivity contribution in [2.24, 2.45) is 0 Å². The first-order valence-electron chi connectivity index (χ1n) is 9.74. The van der Waals surface area contributed by atoms with E-state index in [0.717, 1.165) is 40.2 Å². The predicted molar refractivity (Wildman–Crippen MR) is 113 cm³/mol. The van der Waals surface area contributed by atoms with Gasteiger partial charge in [-0.2, -0.15) is 4.73 Å². The Morgan fingerprint density at radius 3 is 2.90 bits per heavy atom. The highest BCUT2D eigenvalue weighted by molar-refractivity contribution is 7.18. The van der Waals surface area contributed by atoms with Crippen LogP contribution in [0.15, 0.2) is 17.6 Å². The smallest absolute Gasteiger partial charge is 0.407 e. The van der Waals surface area contributed by atoms with Gasteiger partial charge in [0.2, 0.25) is 11.7 Å². The predicted octanol–water partition coefficient (Wildman–Crippen LogP) is 3.38. The van der Waals surface area contributed by atoms with E-state index in [1.807, 2.05) is 32.2 Å². The van der Waals surface area contributed by atoms with Crippen LogP contribution >= 0.6 is 11.3 Å². The average Bonchev–Trinajstić information content (AvgIpc) is 3.23. The number of ether oxygens (including phenoxy) is 2. The van der Waals surface area contributed by atoms with Gasteiger partial charge in [-0.25, -0.2) is 9.78 Å². The Morgan fingerprint density at radius 2 is 2.17 bits per heavy atom. The molecule has 29 heavy (non-hydrogen) atoms. The minimum atomic E-state index is -0.499. The molecule has 0 aliphatic heterocycles. The second kappa shape index (κ2) is 8.96. The van der Waals surface area contributed by atoms with Gasteiger partial charge in [0.15, 0.2) is 5.52 Å². The first-order chi connectivity index (χ1) is 13.8. The van der Waals surface area contributed by atoms with Crippen molar-refractivity contribution in [2.75, 3.05) is 20.3 Å². The van der Waals surface area contributed by atoms with Gasteiger partial charge in [-0.05, 0) is 39.0 Å². The SMILES string of the molecule is COCCc1nc2c[n+]([O-])c3ccsc3c2n1CCCCNC(=O)OC(C)(C)C. The van der Waals surface area contributed by atoms with Crippen LogP contribution in [-0.2, 0) is 22.4 Å².